The third kappa shape index (κ3) is 4.98. The second-order valence-electron chi connectivity index (χ2n) is 0.547. The molecule has 2 nitrogen and oxygen atoms in total. The summed E-state index contributed by atoms with van der Waals surface area (Å²) in [5.74, 6) is 0. The third-order valence-electron chi connectivity index (χ3n) is 0.200. The van der Waals surface area contributed by atoms with Gasteiger partial charge in [-0.1, -0.05) is 0 Å². The van der Waals surface area contributed by atoms with Crippen molar-refractivity contribution in [3.05, 3.63) is 0 Å². The molecule has 0 aliphatic heterocycles. The van der Waals surface area contributed by atoms with Gasteiger partial charge in [0.2, 0.25) is 0 Å². The zero-order valence-electron chi connectivity index (χ0n) is 3.39. The molecule has 0 amide bonds. The van der Waals surface area contributed by atoms with Crippen LogP contribution in [-0.4, -0.2) is 51.6 Å². The second-order valence-corrected chi connectivity index (χ2v) is 3.10. The van der Waals surface area contributed by atoms with Crippen LogP contribution in [0.15, 0.2) is 6.43 Å². The van der Waals surface area contributed by atoms with Crippen molar-refractivity contribution in [1.29, 1.82) is 0 Å². The molecule has 0 N–H and O–H groups in total. The normalized spacial score (nSPS) is 6.40. The minimum absolute atomic E-state index is 0.436. The summed E-state index contributed by atoms with van der Waals surface area (Å²) < 4.78 is 7.40. The van der Waals surface area contributed by atoms with Crippen molar-refractivity contribution >= 4 is 51.6 Å². The van der Waals surface area contributed by atoms with Crippen molar-refractivity contribution in [2.75, 3.05) is 0 Å². The van der Waals surface area contributed by atoms with Gasteiger partial charge in [-0.15, -0.1) is 0 Å². The Morgan fingerprint density at radius 1 is 1.20 bits per heavy atom. The van der Waals surface area contributed by atoms with Crippen LogP contribution < -0.4 is 0 Å². The molecule has 28 valence electrons. The van der Waals surface area contributed by atoms with Gasteiger partial charge in [0, 0.05) is 0 Å². The molecule has 0 fully saturated rings. The summed E-state index contributed by atoms with van der Waals surface area (Å²) in [6.45, 7) is 0. The molecule has 0 atom stereocenters. The Kier molecular flexibility index (Phi) is 5.95. The van der Waals surface area contributed by atoms with E-state index in [1.165, 1.54) is 0 Å². The van der Waals surface area contributed by atoms with E-state index in [1.54, 1.807) is 0 Å². The Hall–Kier alpha value is 0.977. The fourth-order valence-electron chi connectivity index (χ4n) is 0.100. The van der Waals surface area contributed by atoms with Crippen LogP contribution in [0.25, 0.3) is 0 Å². The van der Waals surface area contributed by atoms with Crippen LogP contribution in [-0.2, 0) is 0 Å². The van der Waals surface area contributed by atoms with Gasteiger partial charge < -0.3 is 0 Å². The number of rotatable bonds is 0. The van der Waals surface area contributed by atoms with Crippen LogP contribution in [0.4, 0.5) is 0 Å². The molecule has 0 saturated heterocycles. The average molecular weight is 283 g/mol. The summed E-state index contributed by atoms with van der Waals surface area (Å²) in [6.07, 6.45) is 0. The van der Waals surface area contributed by atoms with E-state index >= 15 is 0 Å². The standard InChI is InChI=1S/CN2.2Sn.6H/c2-1-3;;;;;;;;/q-2;2*+1;;;;;;. The van der Waals surface area contributed by atoms with Crippen molar-refractivity contribution in [3.8, 4) is 0 Å². The molecule has 0 bridgehead atoms. The van der Waals surface area contributed by atoms with Crippen molar-refractivity contribution in [2.45, 2.75) is 0 Å². The van der Waals surface area contributed by atoms with Crippen molar-refractivity contribution in [1.82, 2.24) is 0 Å². The van der Waals surface area contributed by atoms with E-state index < -0.39 is 0 Å². The molecule has 0 aromatic carbocycles. The summed E-state index contributed by atoms with van der Waals surface area (Å²) in [5, 5.41) is 0. The molecule has 0 aromatic rings. The Labute approximate surface area is 57.7 Å². The van der Waals surface area contributed by atoms with Gasteiger partial charge >= 0.3 is 58.0 Å². The van der Waals surface area contributed by atoms with Crippen molar-refractivity contribution in [2.24, 2.45) is 6.43 Å². The SMILES string of the molecule is [SnH3][N]=C=[N][SnH3]. The Morgan fingerprint density at radius 3 is 1.60 bits per heavy atom. The summed E-state index contributed by atoms with van der Waals surface area (Å²) in [5.41, 5.74) is 0. The number of hydrogen-bond acceptors (Lipinski definition) is 2. The quantitative estimate of drug-likeness (QED) is 0.354. The topological polar surface area (TPSA) is 24.7 Å². The van der Waals surface area contributed by atoms with E-state index in [9.17, 15) is 0 Å². The molecule has 4 heteroatoms. The van der Waals surface area contributed by atoms with Gasteiger partial charge in [-0.3, -0.25) is 0 Å². The fraction of sp³-hybridized carbons (Fsp3) is 0. The molecule has 5 heavy (non-hydrogen) atoms. The summed E-state index contributed by atoms with van der Waals surface area (Å²) in [4.78, 5) is 0. The van der Waals surface area contributed by atoms with Crippen LogP contribution >= 0.6 is 0 Å². The molecule has 0 rings (SSSR count). The van der Waals surface area contributed by atoms with Gasteiger partial charge in [-0.05, 0) is 0 Å². The predicted octanol–water partition coefficient (Wildman–Crippen LogP) is -2.28. The maximum atomic E-state index is 3.70. The number of hydrogen-bond donors (Lipinski definition) is 0. The Balaban J connectivity index is 3.26. The molecule has 0 unspecified atom stereocenters. The molecule has 0 heterocycles. The van der Waals surface area contributed by atoms with E-state index in [1.807, 2.05) is 0 Å². The van der Waals surface area contributed by atoms with Gasteiger partial charge in [0.15, 0.2) is 0 Å². The molecular formula is CH6N2Sn2. The van der Waals surface area contributed by atoms with E-state index in [2.05, 4.69) is 12.4 Å². The fourth-order valence-corrected chi connectivity index (χ4v) is 4.50. The van der Waals surface area contributed by atoms with Crippen molar-refractivity contribution in [3.63, 3.8) is 0 Å². The van der Waals surface area contributed by atoms with E-state index in [-0.39, 0.29) is 0 Å². The molecule has 0 saturated carbocycles. The number of nitrogens with zero attached hydrogens (tertiary/aromatic N) is 2. The molecule has 0 radical (unpaired) electrons. The first-order valence-electron chi connectivity index (χ1n) is 1.34. The van der Waals surface area contributed by atoms with Gasteiger partial charge in [-0.2, -0.15) is 0 Å². The second kappa shape index (κ2) is 4.98. The zero-order chi connectivity index (χ0) is 4.12. The van der Waals surface area contributed by atoms with Gasteiger partial charge in [0.25, 0.3) is 0 Å². The van der Waals surface area contributed by atoms with E-state index in [4.69, 9.17) is 0 Å². The first kappa shape index (κ1) is 5.98. The van der Waals surface area contributed by atoms with Gasteiger partial charge in [0.1, 0.15) is 0 Å². The predicted molar refractivity (Wildman–Crippen MR) is 29.7 cm³/mol. The summed E-state index contributed by atoms with van der Waals surface area (Å²) >= 11 is 0.872. The van der Waals surface area contributed by atoms with Crippen molar-refractivity contribution < 1.29 is 0 Å². The monoisotopic (exact) mass is 286 g/mol. The molecule has 0 aromatic heterocycles. The van der Waals surface area contributed by atoms with Crippen LogP contribution in [0, 0.1) is 0 Å². The summed E-state index contributed by atoms with van der Waals surface area (Å²) in [6, 6.07) is 2.55. The molecule has 0 aliphatic rings. The van der Waals surface area contributed by atoms with Crippen LogP contribution in [0.5, 0.6) is 0 Å². The van der Waals surface area contributed by atoms with Crippen LogP contribution in [0.2, 0.25) is 0 Å². The summed E-state index contributed by atoms with van der Waals surface area (Å²) in [7, 11) is 0. The van der Waals surface area contributed by atoms with E-state index in [0.717, 1.165) is 0 Å². The van der Waals surface area contributed by atoms with Crippen LogP contribution in [0.3, 0.4) is 0 Å². The van der Waals surface area contributed by atoms with Gasteiger partial charge in [-0.25, -0.2) is 0 Å². The molecular weight excluding hydrogens is 277 g/mol. The first-order valence-corrected chi connectivity index (χ1v) is 6.45. The van der Waals surface area contributed by atoms with E-state index in [0.29, 0.717) is 45.6 Å². The van der Waals surface area contributed by atoms with Crippen LogP contribution in [0.1, 0.15) is 0 Å². The molecule has 0 aliphatic carbocycles. The first-order chi connectivity index (χ1) is 2.41. The maximum absolute atomic E-state index is 3.70. The average Bonchev–Trinajstić information content (AvgIpc) is 1.41. The zero-order valence-corrected chi connectivity index (χ0v) is 14.8. The third-order valence-corrected chi connectivity index (χ3v) is 1.34. The Morgan fingerprint density at radius 2 is 1.60 bits per heavy atom. The molecule has 0 spiro atoms. The minimum atomic E-state index is 0.436. The van der Waals surface area contributed by atoms with Gasteiger partial charge in [0.05, 0.1) is 0 Å². The Bertz CT molecular complexity index is 56.0.